The van der Waals surface area contributed by atoms with Gasteiger partial charge in [-0.3, -0.25) is 4.79 Å². The lowest BCUT2D eigenvalue weighted by Gasteiger charge is -2.27. The van der Waals surface area contributed by atoms with Crippen molar-refractivity contribution in [3.8, 4) is 0 Å². The number of carbonyl (C=O) groups excluding carboxylic acids is 1. The van der Waals surface area contributed by atoms with Crippen LogP contribution in [0, 0.1) is 0 Å². The van der Waals surface area contributed by atoms with Crippen LogP contribution in [0.3, 0.4) is 0 Å². The fourth-order valence-electron chi connectivity index (χ4n) is 1.68. The molecule has 1 atom stereocenters. The molecular formula is C12H17NO. The molecule has 0 saturated carbocycles. The fourth-order valence-corrected chi connectivity index (χ4v) is 1.68. The third kappa shape index (κ3) is 2.34. The van der Waals surface area contributed by atoms with E-state index in [1.165, 1.54) is 5.56 Å². The maximum absolute atomic E-state index is 11.3. The van der Waals surface area contributed by atoms with Crippen molar-refractivity contribution >= 4 is 5.91 Å². The van der Waals surface area contributed by atoms with Crippen LogP contribution in [0.25, 0.3) is 0 Å². The van der Waals surface area contributed by atoms with Gasteiger partial charge in [-0.05, 0) is 19.4 Å². The zero-order chi connectivity index (χ0) is 10.6. The second kappa shape index (κ2) is 4.80. The van der Waals surface area contributed by atoms with Crippen molar-refractivity contribution in [2.75, 3.05) is 6.54 Å². The Balaban J connectivity index is 2.83. The van der Waals surface area contributed by atoms with Crippen molar-refractivity contribution in [3.05, 3.63) is 35.9 Å². The minimum Gasteiger partial charge on any atom is -0.336 e. The zero-order valence-corrected chi connectivity index (χ0v) is 9.03. The standard InChI is InChI=1S/C12H17NO/c1-4-13(11(3)14)10(2)12-8-6-5-7-9-12/h5-10H,4H2,1-3H3/t10-/m0/s1. The topological polar surface area (TPSA) is 20.3 Å². The normalized spacial score (nSPS) is 12.2. The molecule has 0 aliphatic heterocycles. The summed E-state index contributed by atoms with van der Waals surface area (Å²) in [5.41, 5.74) is 1.18. The van der Waals surface area contributed by atoms with Crippen molar-refractivity contribution in [2.45, 2.75) is 26.8 Å². The average molecular weight is 191 g/mol. The summed E-state index contributed by atoms with van der Waals surface area (Å²) in [5.74, 6) is 0.129. The van der Waals surface area contributed by atoms with E-state index < -0.39 is 0 Å². The lowest BCUT2D eigenvalue weighted by Crippen LogP contribution is -2.31. The van der Waals surface area contributed by atoms with Crippen LogP contribution in [0.5, 0.6) is 0 Å². The lowest BCUT2D eigenvalue weighted by atomic mass is 10.1. The summed E-state index contributed by atoms with van der Waals surface area (Å²) >= 11 is 0. The number of carbonyl (C=O) groups is 1. The summed E-state index contributed by atoms with van der Waals surface area (Å²) in [5, 5.41) is 0. The minimum atomic E-state index is 0.129. The van der Waals surface area contributed by atoms with Crippen LogP contribution < -0.4 is 0 Å². The van der Waals surface area contributed by atoms with E-state index in [1.807, 2.05) is 30.0 Å². The number of nitrogens with zero attached hydrogens (tertiary/aromatic N) is 1. The summed E-state index contributed by atoms with van der Waals surface area (Å²) in [6.45, 7) is 6.43. The quantitative estimate of drug-likeness (QED) is 0.719. The molecule has 0 fully saturated rings. The Morgan fingerprint density at radius 2 is 1.93 bits per heavy atom. The Morgan fingerprint density at radius 3 is 2.36 bits per heavy atom. The number of amides is 1. The molecule has 1 aromatic carbocycles. The van der Waals surface area contributed by atoms with Crippen molar-refractivity contribution < 1.29 is 4.79 Å². The molecule has 1 amide bonds. The third-order valence-electron chi connectivity index (χ3n) is 2.49. The molecule has 2 nitrogen and oxygen atoms in total. The first-order chi connectivity index (χ1) is 6.66. The molecule has 0 N–H and O–H groups in total. The Kier molecular flexibility index (Phi) is 3.69. The molecule has 0 aliphatic carbocycles. The van der Waals surface area contributed by atoms with Gasteiger partial charge in [0.2, 0.25) is 5.91 Å². The molecule has 2 heteroatoms. The fraction of sp³-hybridized carbons (Fsp3) is 0.417. The molecule has 0 heterocycles. The monoisotopic (exact) mass is 191 g/mol. The molecule has 0 bridgehead atoms. The van der Waals surface area contributed by atoms with Crippen molar-refractivity contribution in [3.63, 3.8) is 0 Å². The Hall–Kier alpha value is -1.31. The lowest BCUT2D eigenvalue weighted by molar-refractivity contribution is -0.130. The third-order valence-corrected chi connectivity index (χ3v) is 2.49. The maximum Gasteiger partial charge on any atom is 0.219 e. The van der Waals surface area contributed by atoms with E-state index in [4.69, 9.17) is 0 Å². The summed E-state index contributed by atoms with van der Waals surface area (Å²) < 4.78 is 0. The SMILES string of the molecule is CCN(C(C)=O)[C@@H](C)c1ccccc1. The molecule has 0 unspecified atom stereocenters. The molecule has 14 heavy (non-hydrogen) atoms. The van der Waals surface area contributed by atoms with E-state index in [-0.39, 0.29) is 11.9 Å². The molecule has 1 rings (SSSR count). The van der Waals surface area contributed by atoms with E-state index in [2.05, 4.69) is 19.1 Å². The van der Waals surface area contributed by atoms with Crippen molar-refractivity contribution in [1.82, 2.24) is 4.90 Å². The van der Waals surface area contributed by atoms with Crippen LogP contribution in [0.4, 0.5) is 0 Å². The molecule has 0 radical (unpaired) electrons. The molecule has 0 spiro atoms. The molecular weight excluding hydrogens is 174 g/mol. The molecule has 0 aromatic heterocycles. The predicted octanol–water partition coefficient (Wildman–Crippen LogP) is 2.62. The van der Waals surface area contributed by atoms with Crippen LogP contribution in [-0.2, 0) is 4.79 Å². The van der Waals surface area contributed by atoms with E-state index in [9.17, 15) is 4.79 Å². The highest BCUT2D eigenvalue weighted by atomic mass is 16.2. The largest absolute Gasteiger partial charge is 0.336 e. The summed E-state index contributed by atoms with van der Waals surface area (Å²) in [7, 11) is 0. The van der Waals surface area contributed by atoms with Gasteiger partial charge >= 0.3 is 0 Å². The predicted molar refractivity (Wildman–Crippen MR) is 57.9 cm³/mol. The van der Waals surface area contributed by atoms with Crippen LogP contribution in [-0.4, -0.2) is 17.4 Å². The highest BCUT2D eigenvalue weighted by Crippen LogP contribution is 2.19. The Bertz CT molecular complexity index is 294. The smallest absolute Gasteiger partial charge is 0.219 e. The van der Waals surface area contributed by atoms with Crippen LogP contribution in [0.1, 0.15) is 32.4 Å². The van der Waals surface area contributed by atoms with Crippen LogP contribution in [0.2, 0.25) is 0 Å². The Morgan fingerprint density at radius 1 is 1.36 bits per heavy atom. The highest BCUT2D eigenvalue weighted by Gasteiger charge is 2.15. The molecule has 0 saturated heterocycles. The Labute approximate surface area is 85.5 Å². The van der Waals surface area contributed by atoms with Gasteiger partial charge < -0.3 is 4.90 Å². The summed E-state index contributed by atoms with van der Waals surface area (Å²) in [6, 6.07) is 10.3. The van der Waals surface area contributed by atoms with E-state index in [0.717, 1.165) is 6.54 Å². The van der Waals surface area contributed by atoms with Crippen LogP contribution in [0.15, 0.2) is 30.3 Å². The van der Waals surface area contributed by atoms with Gasteiger partial charge in [-0.15, -0.1) is 0 Å². The maximum atomic E-state index is 11.3. The molecule has 1 aromatic rings. The summed E-state index contributed by atoms with van der Waals surface area (Å²) in [6.07, 6.45) is 0. The first-order valence-corrected chi connectivity index (χ1v) is 4.99. The minimum absolute atomic E-state index is 0.129. The highest BCUT2D eigenvalue weighted by molar-refractivity contribution is 5.73. The molecule has 76 valence electrons. The number of benzene rings is 1. The zero-order valence-electron chi connectivity index (χ0n) is 9.03. The van der Waals surface area contributed by atoms with Gasteiger partial charge in [0.15, 0.2) is 0 Å². The first kappa shape index (κ1) is 10.8. The van der Waals surface area contributed by atoms with E-state index in [1.54, 1.807) is 6.92 Å². The van der Waals surface area contributed by atoms with Gasteiger partial charge in [-0.1, -0.05) is 30.3 Å². The van der Waals surface area contributed by atoms with Gasteiger partial charge in [-0.25, -0.2) is 0 Å². The first-order valence-electron chi connectivity index (χ1n) is 4.99. The van der Waals surface area contributed by atoms with Gasteiger partial charge in [-0.2, -0.15) is 0 Å². The molecule has 0 aliphatic rings. The number of rotatable bonds is 3. The number of hydrogen-bond acceptors (Lipinski definition) is 1. The van der Waals surface area contributed by atoms with Crippen LogP contribution >= 0.6 is 0 Å². The second-order valence-electron chi connectivity index (χ2n) is 3.39. The van der Waals surface area contributed by atoms with Crippen molar-refractivity contribution in [2.24, 2.45) is 0 Å². The van der Waals surface area contributed by atoms with E-state index in [0.29, 0.717) is 0 Å². The van der Waals surface area contributed by atoms with Gasteiger partial charge in [0.1, 0.15) is 0 Å². The van der Waals surface area contributed by atoms with Gasteiger partial charge in [0.25, 0.3) is 0 Å². The van der Waals surface area contributed by atoms with Gasteiger partial charge in [0.05, 0.1) is 6.04 Å². The van der Waals surface area contributed by atoms with Gasteiger partial charge in [0, 0.05) is 13.5 Å². The second-order valence-corrected chi connectivity index (χ2v) is 3.39. The average Bonchev–Trinajstić information content (AvgIpc) is 2.19. The number of hydrogen-bond donors (Lipinski definition) is 0. The van der Waals surface area contributed by atoms with Crippen molar-refractivity contribution in [1.29, 1.82) is 0 Å². The van der Waals surface area contributed by atoms with E-state index >= 15 is 0 Å². The summed E-state index contributed by atoms with van der Waals surface area (Å²) in [4.78, 5) is 13.2.